The van der Waals surface area contributed by atoms with Crippen LogP contribution >= 0.6 is 0 Å². The monoisotopic (exact) mass is 467 g/mol. The van der Waals surface area contributed by atoms with Crippen molar-refractivity contribution in [3.63, 3.8) is 0 Å². The largest absolute Gasteiger partial charge is 0.508 e. The van der Waals surface area contributed by atoms with Crippen LogP contribution in [0.3, 0.4) is 0 Å². The predicted molar refractivity (Wildman–Crippen MR) is 118 cm³/mol. The molecule has 0 bridgehead atoms. The van der Waals surface area contributed by atoms with Gasteiger partial charge < -0.3 is 30.2 Å². The maximum absolute atomic E-state index is 12.1. The van der Waals surface area contributed by atoms with Crippen molar-refractivity contribution in [1.82, 2.24) is 14.6 Å². The lowest BCUT2D eigenvalue weighted by molar-refractivity contribution is -0.0863. The quantitative estimate of drug-likeness (QED) is 0.432. The lowest BCUT2D eigenvalue weighted by atomic mass is 9.96. The number of carbonyl (C=O) groups is 1. The van der Waals surface area contributed by atoms with Crippen molar-refractivity contribution in [2.75, 3.05) is 18.9 Å². The fraction of sp³-hybridized carbons (Fsp3) is 0.391. The zero-order valence-corrected chi connectivity index (χ0v) is 18.4. The smallest absolute Gasteiger partial charge is 0.434 e. The Morgan fingerprint density at radius 3 is 2.79 bits per heavy atom. The molecule has 1 fully saturated rings. The van der Waals surface area contributed by atoms with Crippen LogP contribution in [0.15, 0.2) is 48.8 Å². The van der Waals surface area contributed by atoms with E-state index >= 15 is 0 Å². The molecule has 1 aliphatic heterocycles. The van der Waals surface area contributed by atoms with Gasteiger partial charge in [-0.15, -0.1) is 0 Å². The molecule has 178 valence electrons. The van der Waals surface area contributed by atoms with Crippen molar-refractivity contribution < 1.29 is 29.2 Å². The number of nitrogens with two attached hydrogens (primary N) is 1. The number of hydrogen-bond acceptors (Lipinski definition) is 10. The Hall–Kier alpha value is -3.72. The van der Waals surface area contributed by atoms with Crippen LogP contribution in [-0.4, -0.2) is 62.0 Å². The molecule has 5 atom stereocenters. The molecule has 0 saturated carbocycles. The van der Waals surface area contributed by atoms with Crippen molar-refractivity contribution in [1.29, 1.82) is 5.26 Å². The summed E-state index contributed by atoms with van der Waals surface area (Å²) in [5.74, 6) is 0.255. The predicted octanol–water partition coefficient (Wildman–Crippen LogP) is 1.40. The number of aliphatic hydroxyl groups excluding tert-OH is 2. The summed E-state index contributed by atoms with van der Waals surface area (Å²) in [6.45, 7) is 1.41. The fourth-order valence-electron chi connectivity index (χ4n) is 3.97. The zero-order chi connectivity index (χ0) is 24.3. The molecule has 0 radical (unpaired) electrons. The zero-order valence-electron chi connectivity index (χ0n) is 18.4. The van der Waals surface area contributed by atoms with Gasteiger partial charge in [0.2, 0.25) is 5.60 Å². The van der Waals surface area contributed by atoms with Gasteiger partial charge in [0, 0.05) is 0 Å². The van der Waals surface area contributed by atoms with Crippen LogP contribution in [0, 0.1) is 17.2 Å². The molecule has 4 rings (SSSR count). The van der Waals surface area contributed by atoms with Gasteiger partial charge in [-0.25, -0.2) is 14.3 Å². The molecule has 1 aromatic carbocycles. The van der Waals surface area contributed by atoms with E-state index in [0.29, 0.717) is 17.6 Å². The summed E-state index contributed by atoms with van der Waals surface area (Å²) >= 11 is 0. The normalized spacial score (nSPS) is 25.1. The standard InChI is InChI=1S/C23H25N5O6/c1-14(9-15-5-3-2-4-6-15)10-32-22(31)33-12-23(11-24)20(30)18(29)19(34-23)16-7-8-17-21(25)26-13-27-28(16)17/h2-8,13-14,18-20,29-30H,9-10,12H2,1H3,(H2,25,26,27)/t14-,18-,19-,20-,23+/m0/s1. The summed E-state index contributed by atoms with van der Waals surface area (Å²) in [6, 6.07) is 14.8. The second kappa shape index (κ2) is 9.64. The van der Waals surface area contributed by atoms with Crippen molar-refractivity contribution in [3.05, 3.63) is 60.0 Å². The minimum absolute atomic E-state index is 0.0384. The second-order valence-electron chi connectivity index (χ2n) is 8.32. The molecule has 3 aromatic rings. The van der Waals surface area contributed by atoms with E-state index in [2.05, 4.69) is 10.1 Å². The number of hydrogen-bond donors (Lipinski definition) is 3. The third-order valence-electron chi connectivity index (χ3n) is 5.76. The maximum atomic E-state index is 12.1. The lowest BCUT2D eigenvalue weighted by Gasteiger charge is -2.23. The lowest BCUT2D eigenvalue weighted by Crippen LogP contribution is -2.46. The number of benzene rings is 1. The molecule has 1 aliphatic rings. The first kappa shape index (κ1) is 23.4. The first-order valence-corrected chi connectivity index (χ1v) is 10.7. The molecule has 34 heavy (non-hydrogen) atoms. The van der Waals surface area contributed by atoms with E-state index in [-0.39, 0.29) is 18.3 Å². The van der Waals surface area contributed by atoms with Gasteiger partial charge in [0.15, 0.2) is 5.82 Å². The second-order valence-corrected chi connectivity index (χ2v) is 8.32. The van der Waals surface area contributed by atoms with Gasteiger partial charge in [0.05, 0.1) is 12.3 Å². The molecule has 0 unspecified atom stereocenters. The highest BCUT2D eigenvalue weighted by Gasteiger charge is 2.57. The van der Waals surface area contributed by atoms with Crippen LogP contribution < -0.4 is 5.73 Å². The van der Waals surface area contributed by atoms with Gasteiger partial charge in [0.25, 0.3) is 0 Å². The van der Waals surface area contributed by atoms with Crippen LogP contribution in [-0.2, 0) is 20.6 Å². The third-order valence-corrected chi connectivity index (χ3v) is 5.76. The number of nitrogen functional groups attached to an aromatic ring is 1. The summed E-state index contributed by atoms with van der Waals surface area (Å²) in [5.41, 5.74) is 5.78. The van der Waals surface area contributed by atoms with Gasteiger partial charge in [0.1, 0.15) is 42.8 Å². The van der Waals surface area contributed by atoms with Crippen molar-refractivity contribution in [3.8, 4) is 6.07 Å². The molecular weight excluding hydrogens is 442 g/mol. The van der Waals surface area contributed by atoms with Gasteiger partial charge in [-0.05, 0) is 30.0 Å². The van der Waals surface area contributed by atoms with Gasteiger partial charge in [-0.1, -0.05) is 37.3 Å². The SMILES string of the molecule is C[C@H](COC(=O)OC[C@@]1(C#N)O[C@@H](c2ccc3c(N)ncnn23)[C@H](O)[C@@H]1O)Cc1ccccc1. The summed E-state index contributed by atoms with van der Waals surface area (Å²) < 4.78 is 17.4. The first-order valence-electron chi connectivity index (χ1n) is 10.7. The topological polar surface area (TPSA) is 165 Å². The minimum atomic E-state index is -2.00. The number of aliphatic hydroxyl groups is 2. The van der Waals surface area contributed by atoms with E-state index in [9.17, 15) is 20.3 Å². The third kappa shape index (κ3) is 4.51. The van der Waals surface area contributed by atoms with Crippen LogP contribution in [0.25, 0.3) is 5.52 Å². The number of nitrogens with zero attached hydrogens (tertiary/aromatic N) is 4. The number of anilines is 1. The van der Waals surface area contributed by atoms with Crippen LogP contribution in [0.5, 0.6) is 0 Å². The first-order chi connectivity index (χ1) is 16.3. The Kier molecular flexibility index (Phi) is 6.65. The molecule has 2 aromatic heterocycles. The summed E-state index contributed by atoms with van der Waals surface area (Å²) in [6.07, 6.45) is -3.32. The molecule has 0 amide bonds. The summed E-state index contributed by atoms with van der Waals surface area (Å²) in [7, 11) is 0. The molecular formula is C23H25N5O6. The number of aromatic nitrogens is 3. The van der Waals surface area contributed by atoms with E-state index in [0.717, 1.165) is 5.56 Å². The average molecular weight is 467 g/mol. The Bertz CT molecular complexity index is 1200. The van der Waals surface area contributed by atoms with Gasteiger partial charge >= 0.3 is 6.16 Å². The number of rotatable bonds is 7. The Morgan fingerprint density at radius 1 is 1.29 bits per heavy atom. The molecule has 3 heterocycles. The minimum Gasteiger partial charge on any atom is -0.434 e. The van der Waals surface area contributed by atoms with Crippen LogP contribution in [0.2, 0.25) is 0 Å². The number of ether oxygens (including phenoxy) is 3. The molecule has 1 saturated heterocycles. The summed E-state index contributed by atoms with van der Waals surface area (Å²) in [5, 5.41) is 35.1. The molecule has 11 nitrogen and oxygen atoms in total. The molecule has 4 N–H and O–H groups in total. The Morgan fingerprint density at radius 2 is 2.06 bits per heavy atom. The highest BCUT2D eigenvalue weighted by atomic mass is 16.7. The van der Waals surface area contributed by atoms with Gasteiger partial charge in [-0.2, -0.15) is 10.4 Å². The number of carbonyl (C=O) groups excluding carboxylic acids is 1. The molecule has 0 spiro atoms. The Balaban J connectivity index is 1.38. The average Bonchev–Trinajstić information content (AvgIpc) is 3.38. The van der Waals surface area contributed by atoms with E-state index in [4.69, 9.17) is 19.9 Å². The van der Waals surface area contributed by atoms with Crippen molar-refractivity contribution in [2.45, 2.75) is 37.3 Å². The fourth-order valence-corrected chi connectivity index (χ4v) is 3.97. The van der Waals surface area contributed by atoms with E-state index in [1.165, 1.54) is 10.8 Å². The maximum Gasteiger partial charge on any atom is 0.508 e. The van der Waals surface area contributed by atoms with Crippen molar-refractivity contribution >= 4 is 17.5 Å². The highest BCUT2D eigenvalue weighted by Crippen LogP contribution is 2.40. The van der Waals surface area contributed by atoms with Crippen molar-refractivity contribution in [2.24, 2.45) is 5.92 Å². The number of fused-ring (bicyclic) bond motifs is 1. The molecule has 0 aliphatic carbocycles. The van der Waals surface area contributed by atoms with Crippen LogP contribution in [0.4, 0.5) is 10.6 Å². The molecule has 11 heteroatoms. The van der Waals surface area contributed by atoms with E-state index in [1.54, 1.807) is 12.1 Å². The van der Waals surface area contributed by atoms with Crippen LogP contribution in [0.1, 0.15) is 24.3 Å². The van der Waals surface area contributed by atoms with E-state index in [1.807, 2.05) is 43.3 Å². The number of nitriles is 1. The summed E-state index contributed by atoms with van der Waals surface area (Å²) in [4.78, 5) is 16.0. The van der Waals surface area contributed by atoms with E-state index < -0.39 is 36.7 Å². The van der Waals surface area contributed by atoms with Gasteiger partial charge in [-0.3, -0.25) is 0 Å². The highest BCUT2D eigenvalue weighted by molar-refractivity contribution is 5.65. The Labute approximate surface area is 195 Å².